The van der Waals surface area contributed by atoms with Crippen LogP contribution < -0.4 is 0 Å². The van der Waals surface area contributed by atoms with Crippen LogP contribution in [-0.4, -0.2) is 19.7 Å². The van der Waals surface area contributed by atoms with Crippen molar-refractivity contribution in [1.82, 2.24) is 0 Å². The van der Waals surface area contributed by atoms with Gasteiger partial charge < -0.3 is 0 Å². The van der Waals surface area contributed by atoms with Gasteiger partial charge in [-0.05, 0) is 42.3 Å². The van der Waals surface area contributed by atoms with Crippen LogP contribution in [0.15, 0.2) is 29.2 Å². The molecule has 1 aromatic carbocycles. The van der Waals surface area contributed by atoms with Crippen molar-refractivity contribution in [1.29, 1.82) is 0 Å². The van der Waals surface area contributed by atoms with E-state index in [0.29, 0.717) is 9.90 Å². The Morgan fingerprint density at radius 2 is 1.88 bits per heavy atom. The monoisotopic (exact) mass is 406 g/mol. The number of sulfone groups is 1. The molecule has 0 saturated heterocycles. The maximum absolute atomic E-state index is 12.7. The fourth-order valence-corrected chi connectivity index (χ4v) is 4.67. The Balaban J connectivity index is 2.10. The SMILES string of the molecule is Cc1cc(-c2cc3c(s2)C=C(S(=O)(=O)C(F)(F)F)CC3=O)ccc1Cl. The molecule has 0 fully saturated rings. The molecule has 1 aliphatic carbocycles. The minimum absolute atomic E-state index is 0.210. The minimum atomic E-state index is -5.51. The van der Waals surface area contributed by atoms with E-state index in [-0.39, 0.29) is 10.4 Å². The summed E-state index contributed by atoms with van der Waals surface area (Å²) in [5.41, 5.74) is -3.63. The van der Waals surface area contributed by atoms with Gasteiger partial charge in [-0.15, -0.1) is 11.3 Å². The summed E-state index contributed by atoms with van der Waals surface area (Å²) in [6.07, 6.45) is 0.154. The van der Waals surface area contributed by atoms with Crippen molar-refractivity contribution < 1.29 is 26.4 Å². The third-order valence-corrected chi connectivity index (χ3v) is 6.90. The molecule has 132 valence electrons. The second-order valence-electron chi connectivity index (χ2n) is 5.51. The molecule has 1 heterocycles. The molecule has 25 heavy (non-hydrogen) atoms. The molecule has 2 aromatic rings. The lowest BCUT2D eigenvalue weighted by atomic mass is 10.0. The van der Waals surface area contributed by atoms with Gasteiger partial charge >= 0.3 is 5.51 Å². The van der Waals surface area contributed by atoms with Crippen LogP contribution in [-0.2, 0) is 9.84 Å². The van der Waals surface area contributed by atoms with Gasteiger partial charge in [0.05, 0.1) is 4.91 Å². The van der Waals surface area contributed by atoms with Gasteiger partial charge in [-0.25, -0.2) is 8.42 Å². The number of halogens is 4. The van der Waals surface area contributed by atoms with Crippen LogP contribution in [0.5, 0.6) is 0 Å². The van der Waals surface area contributed by atoms with Gasteiger partial charge in [0.1, 0.15) is 0 Å². The molecule has 1 aromatic heterocycles. The standard InChI is InChI=1S/C16H10ClF3O3S2/c1-8-4-9(2-3-12(8)17)14-7-11-13(21)5-10(6-15(11)24-14)25(22,23)16(18,19)20/h2-4,6-7H,5H2,1H3. The van der Waals surface area contributed by atoms with Crippen molar-refractivity contribution in [2.45, 2.75) is 18.9 Å². The molecule has 3 nitrogen and oxygen atoms in total. The highest BCUT2D eigenvalue weighted by Gasteiger charge is 2.49. The third-order valence-electron chi connectivity index (χ3n) is 3.78. The molecule has 0 unspecified atom stereocenters. The Hall–Kier alpha value is -1.64. The Kier molecular flexibility index (Phi) is 4.33. The summed E-state index contributed by atoms with van der Waals surface area (Å²) in [4.78, 5) is 12.1. The number of ketones is 1. The number of thiophene rings is 1. The van der Waals surface area contributed by atoms with Crippen LogP contribution in [0.3, 0.4) is 0 Å². The van der Waals surface area contributed by atoms with Crippen LogP contribution in [0, 0.1) is 6.92 Å². The number of fused-ring (bicyclic) bond motifs is 1. The molecule has 0 atom stereocenters. The molecule has 0 radical (unpaired) electrons. The Morgan fingerprint density at radius 3 is 2.48 bits per heavy atom. The summed E-state index contributed by atoms with van der Waals surface area (Å²) in [5, 5.41) is 0.569. The van der Waals surface area contributed by atoms with Gasteiger partial charge in [-0.1, -0.05) is 17.7 Å². The largest absolute Gasteiger partial charge is 0.501 e. The smallest absolute Gasteiger partial charge is 0.294 e. The maximum Gasteiger partial charge on any atom is 0.501 e. The van der Waals surface area contributed by atoms with Gasteiger partial charge in [-0.3, -0.25) is 4.79 Å². The zero-order chi connectivity index (χ0) is 18.6. The van der Waals surface area contributed by atoms with E-state index in [9.17, 15) is 26.4 Å². The molecule has 3 rings (SSSR count). The zero-order valence-electron chi connectivity index (χ0n) is 12.6. The van der Waals surface area contributed by atoms with E-state index in [4.69, 9.17) is 11.6 Å². The lowest BCUT2D eigenvalue weighted by Crippen LogP contribution is -2.26. The van der Waals surface area contributed by atoms with Crippen LogP contribution in [0.1, 0.15) is 27.2 Å². The van der Waals surface area contributed by atoms with Gasteiger partial charge in [0.2, 0.25) is 0 Å². The number of alkyl halides is 3. The fraction of sp³-hybridized carbons (Fsp3) is 0.188. The third kappa shape index (κ3) is 3.14. The highest BCUT2D eigenvalue weighted by molar-refractivity contribution is 7.96. The number of carbonyl (C=O) groups is 1. The van der Waals surface area contributed by atoms with Crippen LogP contribution in [0.4, 0.5) is 13.2 Å². The number of benzene rings is 1. The highest BCUT2D eigenvalue weighted by atomic mass is 35.5. The average Bonchev–Trinajstić information content (AvgIpc) is 2.93. The first-order chi connectivity index (χ1) is 11.5. The average molecular weight is 407 g/mol. The molecule has 0 saturated carbocycles. The van der Waals surface area contributed by atoms with Crippen molar-refractivity contribution in [3.8, 4) is 10.4 Å². The van der Waals surface area contributed by atoms with E-state index < -0.39 is 32.5 Å². The molecule has 0 spiro atoms. The van der Waals surface area contributed by atoms with Crippen LogP contribution in [0.2, 0.25) is 5.02 Å². The Bertz CT molecular complexity index is 1020. The normalized spacial score (nSPS) is 15.1. The summed E-state index contributed by atoms with van der Waals surface area (Å²) >= 11 is 7.04. The zero-order valence-corrected chi connectivity index (χ0v) is 15.0. The summed E-state index contributed by atoms with van der Waals surface area (Å²) in [6.45, 7) is 1.80. The summed E-state index contributed by atoms with van der Waals surface area (Å²) in [6, 6.07) is 6.77. The number of hydrogen-bond donors (Lipinski definition) is 0. The molecular formula is C16H10ClF3O3S2. The number of hydrogen-bond acceptors (Lipinski definition) is 4. The van der Waals surface area contributed by atoms with E-state index in [1.54, 1.807) is 31.2 Å². The van der Waals surface area contributed by atoms with Crippen molar-refractivity contribution in [3.63, 3.8) is 0 Å². The highest BCUT2D eigenvalue weighted by Crippen LogP contribution is 2.41. The molecule has 0 N–H and O–H groups in total. The second-order valence-corrected chi connectivity index (χ2v) is 9.00. The van der Waals surface area contributed by atoms with Gasteiger partial charge in [-0.2, -0.15) is 13.2 Å². The van der Waals surface area contributed by atoms with E-state index in [1.165, 1.54) is 0 Å². The van der Waals surface area contributed by atoms with E-state index in [0.717, 1.165) is 28.5 Å². The number of allylic oxidation sites excluding steroid dienone is 1. The Morgan fingerprint density at radius 1 is 1.20 bits per heavy atom. The van der Waals surface area contributed by atoms with Gasteiger partial charge in [0.15, 0.2) is 5.78 Å². The van der Waals surface area contributed by atoms with Crippen molar-refractivity contribution in [2.75, 3.05) is 0 Å². The lowest BCUT2D eigenvalue weighted by Gasteiger charge is -2.14. The van der Waals surface area contributed by atoms with Crippen molar-refractivity contribution in [2.24, 2.45) is 0 Å². The molecule has 0 amide bonds. The first-order valence-electron chi connectivity index (χ1n) is 6.96. The first-order valence-corrected chi connectivity index (χ1v) is 9.64. The molecule has 9 heteroatoms. The number of Topliss-reactive ketones (excluding diaryl/α,β-unsaturated/α-hetero) is 1. The van der Waals surface area contributed by atoms with E-state index in [1.807, 2.05) is 0 Å². The number of aryl methyl sites for hydroxylation is 1. The summed E-state index contributed by atoms with van der Waals surface area (Å²) < 4.78 is 61.3. The minimum Gasteiger partial charge on any atom is -0.294 e. The second kappa shape index (κ2) is 5.96. The number of rotatable bonds is 2. The topological polar surface area (TPSA) is 51.2 Å². The molecule has 0 bridgehead atoms. The van der Waals surface area contributed by atoms with Crippen LogP contribution >= 0.6 is 22.9 Å². The maximum atomic E-state index is 12.7. The van der Waals surface area contributed by atoms with Crippen LogP contribution in [0.25, 0.3) is 16.5 Å². The number of carbonyl (C=O) groups excluding carboxylic acids is 1. The lowest BCUT2D eigenvalue weighted by molar-refractivity contribution is -0.0426. The quantitative estimate of drug-likeness (QED) is 0.685. The van der Waals surface area contributed by atoms with E-state index >= 15 is 0 Å². The molecule has 0 aliphatic heterocycles. The molecule has 1 aliphatic rings. The van der Waals surface area contributed by atoms with Gasteiger partial charge in [0, 0.05) is 26.8 Å². The summed E-state index contributed by atoms with van der Waals surface area (Å²) in [5.74, 6) is -0.645. The van der Waals surface area contributed by atoms with Crippen molar-refractivity contribution in [3.05, 3.63) is 50.2 Å². The summed E-state index contributed by atoms with van der Waals surface area (Å²) in [7, 11) is -5.51. The molecular weight excluding hydrogens is 397 g/mol. The first kappa shape index (κ1) is 18.2. The van der Waals surface area contributed by atoms with Gasteiger partial charge in [0.25, 0.3) is 9.84 Å². The van der Waals surface area contributed by atoms with Crippen molar-refractivity contribution >= 4 is 44.6 Å². The van der Waals surface area contributed by atoms with E-state index in [2.05, 4.69) is 0 Å². The fourth-order valence-electron chi connectivity index (χ4n) is 2.44. The predicted octanol–water partition coefficient (Wildman–Crippen LogP) is 5.24. The predicted molar refractivity (Wildman–Crippen MR) is 91.4 cm³/mol. The Labute approximate surface area is 150 Å².